The topological polar surface area (TPSA) is 81.4 Å². The molecule has 0 aliphatic heterocycles. The summed E-state index contributed by atoms with van der Waals surface area (Å²) in [6.45, 7) is 4.28. The molecule has 1 aliphatic carbocycles. The van der Waals surface area contributed by atoms with Crippen molar-refractivity contribution >= 4 is 33.8 Å². The van der Waals surface area contributed by atoms with Gasteiger partial charge in [0.15, 0.2) is 5.78 Å². The monoisotopic (exact) mass is 282 g/mol. The van der Waals surface area contributed by atoms with E-state index in [4.69, 9.17) is 10.5 Å². The molecule has 0 unspecified atom stereocenters. The van der Waals surface area contributed by atoms with Crippen molar-refractivity contribution < 1.29 is 14.3 Å². The zero-order chi connectivity index (χ0) is 14.0. The minimum atomic E-state index is -0.470. The number of nitrogen functional groups attached to an aromatic ring is 1. The summed E-state index contributed by atoms with van der Waals surface area (Å²) in [5, 5.41) is 3.86. The lowest BCUT2D eigenvalue weighted by Crippen LogP contribution is -2.11. The van der Waals surface area contributed by atoms with Crippen LogP contribution in [0.5, 0.6) is 0 Å². The SMILES string of the molecule is CCOC(=O)c1c(NCC2CC2)sc(C(C)=O)c1N. The molecule has 1 fully saturated rings. The Morgan fingerprint density at radius 1 is 1.47 bits per heavy atom. The lowest BCUT2D eigenvalue weighted by Gasteiger charge is -2.06. The Kier molecular flexibility index (Phi) is 4.09. The maximum absolute atomic E-state index is 11.9. The second-order valence-electron chi connectivity index (χ2n) is 4.65. The number of rotatable bonds is 6. The van der Waals surface area contributed by atoms with E-state index in [9.17, 15) is 9.59 Å². The minimum absolute atomic E-state index is 0.132. The molecule has 0 aromatic carbocycles. The molecule has 6 heteroatoms. The van der Waals surface area contributed by atoms with Crippen molar-refractivity contribution in [1.29, 1.82) is 0 Å². The molecule has 0 spiro atoms. The van der Waals surface area contributed by atoms with Crippen molar-refractivity contribution in [3.05, 3.63) is 10.4 Å². The Morgan fingerprint density at radius 2 is 2.16 bits per heavy atom. The van der Waals surface area contributed by atoms with Crippen molar-refractivity contribution in [3.63, 3.8) is 0 Å². The van der Waals surface area contributed by atoms with Crippen LogP contribution >= 0.6 is 11.3 Å². The number of ether oxygens (including phenoxy) is 1. The normalized spacial score (nSPS) is 14.2. The van der Waals surface area contributed by atoms with E-state index < -0.39 is 5.97 Å². The van der Waals surface area contributed by atoms with Gasteiger partial charge in [-0.1, -0.05) is 0 Å². The first-order chi connectivity index (χ1) is 9.04. The number of nitrogens with two attached hydrogens (primary N) is 1. The molecule has 3 N–H and O–H groups in total. The highest BCUT2D eigenvalue weighted by Gasteiger charge is 2.27. The van der Waals surface area contributed by atoms with Crippen LogP contribution < -0.4 is 11.1 Å². The third-order valence-corrected chi connectivity index (χ3v) is 4.26. The van der Waals surface area contributed by atoms with Gasteiger partial charge in [-0.2, -0.15) is 0 Å². The fraction of sp³-hybridized carbons (Fsp3) is 0.538. The third-order valence-electron chi connectivity index (χ3n) is 2.99. The molecule has 1 aromatic heterocycles. The van der Waals surface area contributed by atoms with Crippen LogP contribution in [-0.4, -0.2) is 24.9 Å². The Morgan fingerprint density at radius 3 is 2.68 bits per heavy atom. The summed E-state index contributed by atoms with van der Waals surface area (Å²) in [4.78, 5) is 23.9. The van der Waals surface area contributed by atoms with Gasteiger partial charge in [0.25, 0.3) is 0 Å². The first-order valence-corrected chi connectivity index (χ1v) is 7.20. The van der Waals surface area contributed by atoms with E-state index >= 15 is 0 Å². The molecule has 1 aliphatic rings. The summed E-state index contributed by atoms with van der Waals surface area (Å²) in [6, 6.07) is 0. The quantitative estimate of drug-likeness (QED) is 0.619. The Balaban J connectivity index is 2.28. The maximum Gasteiger partial charge on any atom is 0.343 e. The van der Waals surface area contributed by atoms with Gasteiger partial charge in [-0.15, -0.1) is 11.3 Å². The summed E-state index contributed by atoms with van der Waals surface area (Å²) in [5.41, 5.74) is 6.44. The molecular weight excluding hydrogens is 264 g/mol. The average Bonchev–Trinajstić information content (AvgIpc) is 3.10. The molecule has 1 saturated carbocycles. The van der Waals surface area contributed by atoms with Crippen molar-refractivity contribution in [1.82, 2.24) is 0 Å². The third kappa shape index (κ3) is 3.07. The number of hydrogen-bond donors (Lipinski definition) is 2. The van der Waals surface area contributed by atoms with E-state index in [2.05, 4.69) is 5.32 Å². The van der Waals surface area contributed by atoms with Crippen LogP contribution in [0.25, 0.3) is 0 Å². The highest BCUT2D eigenvalue weighted by atomic mass is 32.1. The van der Waals surface area contributed by atoms with E-state index in [0.29, 0.717) is 21.4 Å². The van der Waals surface area contributed by atoms with Crippen LogP contribution in [0.4, 0.5) is 10.7 Å². The summed E-state index contributed by atoms with van der Waals surface area (Å²) >= 11 is 1.23. The Labute approximate surface area is 116 Å². The molecule has 1 aromatic rings. The van der Waals surface area contributed by atoms with E-state index in [0.717, 1.165) is 6.54 Å². The van der Waals surface area contributed by atoms with Crippen LogP contribution in [0, 0.1) is 5.92 Å². The van der Waals surface area contributed by atoms with E-state index in [-0.39, 0.29) is 18.1 Å². The van der Waals surface area contributed by atoms with E-state index in [1.54, 1.807) is 6.92 Å². The van der Waals surface area contributed by atoms with Gasteiger partial charge in [-0.25, -0.2) is 4.79 Å². The lowest BCUT2D eigenvalue weighted by atomic mass is 10.2. The van der Waals surface area contributed by atoms with Gasteiger partial charge in [0.05, 0.1) is 17.2 Å². The van der Waals surface area contributed by atoms with Gasteiger partial charge in [0.1, 0.15) is 10.6 Å². The molecule has 0 amide bonds. The van der Waals surface area contributed by atoms with E-state index in [1.165, 1.54) is 31.1 Å². The molecule has 0 atom stereocenters. The van der Waals surface area contributed by atoms with Crippen molar-refractivity contribution in [2.24, 2.45) is 5.92 Å². The standard InChI is InChI=1S/C13H18N2O3S/c1-3-18-13(17)9-10(14)11(7(2)16)19-12(9)15-6-8-4-5-8/h8,15H,3-6,14H2,1-2H3. The van der Waals surface area contributed by atoms with Gasteiger partial charge >= 0.3 is 5.97 Å². The first-order valence-electron chi connectivity index (χ1n) is 6.38. The zero-order valence-corrected chi connectivity index (χ0v) is 11.9. The van der Waals surface area contributed by atoms with Crippen LogP contribution in [-0.2, 0) is 4.74 Å². The molecule has 5 nitrogen and oxygen atoms in total. The Bertz CT molecular complexity index is 506. The molecular formula is C13H18N2O3S. The first kappa shape index (κ1) is 13.9. The number of esters is 1. The van der Waals surface area contributed by atoms with Crippen molar-refractivity contribution in [2.75, 3.05) is 24.2 Å². The second-order valence-corrected chi connectivity index (χ2v) is 5.67. The van der Waals surface area contributed by atoms with Gasteiger partial charge in [-0.3, -0.25) is 4.79 Å². The van der Waals surface area contributed by atoms with Gasteiger partial charge in [-0.05, 0) is 25.7 Å². The predicted octanol–water partition coefficient (Wildman–Crippen LogP) is 2.53. The van der Waals surface area contributed by atoms with Crippen molar-refractivity contribution in [3.8, 4) is 0 Å². The zero-order valence-electron chi connectivity index (χ0n) is 11.1. The van der Waals surface area contributed by atoms with Gasteiger partial charge in [0, 0.05) is 13.5 Å². The predicted molar refractivity (Wildman–Crippen MR) is 75.9 cm³/mol. The summed E-state index contributed by atoms with van der Waals surface area (Å²) in [5.74, 6) is 0.0636. The number of nitrogens with one attached hydrogen (secondary N) is 1. The number of carbonyl (C=O) groups is 2. The van der Waals surface area contributed by atoms with E-state index in [1.807, 2.05) is 0 Å². The highest BCUT2D eigenvalue weighted by Crippen LogP contribution is 2.38. The molecule has 0 bridgehead atoms. The molecule has 0 saturated heterocycles. The number of ketones is 1. The van der Waals surface area contributed by atoms with Crippen molar-refractivity contribution in [2.45, 2.75) is 26.7 Å². The van der Waals surface area contributed by atoms with Gasteiger partial charge in [0.2, 0.25) is 0 Å². The number of hydrogen-bond acceptors (Lipinski definition) is 6. The molecule has 2 rings (SSSR count). The molecule has 1 heterocycles. The number of anilines is 2. The van der Waals surface area contributed by atoms with Crippen LogP contribution in [0.15, 0.2) is 0 Å². The fourth-order valence-corrected chi connectivity index (χ4v) is 2.81. The maximum atomic E-state index is 11.9. The van der Waals surface area contributed by atoms with Gasteiger partial charge < -0.3 is 15.8 Å². The molecule has 19 heavy (non-hydrogen) atoms. The van der Waals surface area contributed by atoms with Crippen LogP contribution in [0.2, 0.25) is 0 Å². The van der Waals surface area contributed by atoms with Crippen LogP contribution in [0.3, 0.4) is 0 Å². The fourth-order valence-electron chi connectivity index (χ4n) is 1.79. The second kappa shape index (κ2) is 5.61. The minimum Gasteiger partial charge on any atom is -0.462 e. The Hall–Kier alpha value is -1.56. The highest BCUT2D eigenvalue weighted by molar-refractivity contribution is 7.19. The van der Waals surface area contributed by atoms with Crippen LogP contribution in [0.1, 0.15) is 46.7 Å². The summed E-state index contributed by atoms with van der Waals surface area (Å²) in [7, 11) is 0. The smallest absolute Gasteiger partial charge is 0.343 e. The number of carbonyl (C=O) groups excluding carboxylic acids is 2. The number of thiophene rings is 1. The summed E-state index contributed by atoms with van der Waals surface area (Å²) in [6.07, 6.45) is 2.42. The molecule has 0 radical (unpaired) electrons. The number of Topliss-reactive ketones (excluding diaryl/α,β-unsaturated/α-hetero) is 1. The lowest BCUT2D eigenvalue weighted by molar-refractivity contribution is 0.0529. The largest absolute Gasteiger partial charge is 0.462 e. The average molecular weight is 282 g/mol. The molecule has 104 valence electrons. The summed E-state index contributed by atoms with van der Waals surface area (Å²) < 4.78 is 5.00.